The lowest BCUT2D eigenvalue weighted by molar-refractivity contribution is 0.155. The van der Waals surface area contributed by atoms with E-state index in [-0.39, 0.29) is 5.56 Å². The van der Waals surface area contributed by atoms with Crippen molar-refractivity contribution in [3.8, 4) is 0 Å². The summed E-state index contributed by atoms with van der Waals surface area (Å²) in [6, 6.07) is 11.9. The number of nitrogens with zero attached hydrogens (tertiary/aromatic N) is 2. The van der Waals surface area contributed by atoms with Gasteiger partial charge in [0.05, 0.1) is 5.52 Å². The Kier molecular flexibility index (Phi) is 6.28. The van der Waals surface area contributed by atoms with Crippen LogP contribution in [0.3, 0.4) is 0 Å². The molecule has 0 atom stereocenters. The minimum absolute atomic E-state index is 0.125. The molecular formula is C24H34N2O. The molecule has 2 aliphatic rings. The van der Waals surface area contributed by atoms with Crippen LogP contribution in [-0.4, -0.2) is 29.1 Å². The molecule has 2 heterocycles. The third-order valence-corrected chi connectivity index (χ3v) is 6.85. The van der Waals surface area contributed by atoms with Gasteiger partial charge in [-0.1, -0.05) is 50.3 Å². The van der Waals surface area contributed by atoms with Gasteiger partial charge in [0.15, 0.2) is 0 Å². The molecule has 4 rings (SSSR count). The number of likely N-dealkylation sites (tertiary alicyclic amines) is 1. The molecule has 1 aromatic carbocycles. The average Bonchev–Trinajstić information content (AvgIpc) is 2.72. The smallest absolute Gasteiger partial charge is 0.251 e. The molecule has 2 fully saturated rings. The van der Waals surface area contributed by atoms with Gasteiger partial charge in [-0.3, -0.25) is 4.79 Å². The first kappa shape index (κ1) is 18.7. The van der Waals surface area contributed by atoms with Crippen LogP contribution < -0.4 is 5.56 Å². The maximum atomic E-state index is 12.3. The van der Waals surface area contributed by atoms with Crippen molar-refractivity contribution in [1.82, 2.24) is 9.47 Å². The van der Waals surface area contributed by atoms with Crippen molar-refractivity contribution in [2.45, 2.75) is 64.3 Å². The quantitative estimate of drug-likeness (QED) is 0.713. The Balaban J connectivity index is 1.24. The molecule has 1 aromatic heterocycles. The van der Waals surface area contributed by atoms with Gasteiger partial charge in [0.1, 0.15) is 0 Å². The van der Waals surface area contributed by atoms with Crippen LogP contribution in [0.25, 0.3) is 10.9 Å². The molecule has 1 aliphatic heterocycles. The molecule has 0 bridgehead atoms. The Morgan fingerprint density at radius 3 is 2.37 bits per heavy atom. The molecule has 0 spiro atoms. The monoisotopic (exact) mass is 366 g/mol. The maximum Gasteiger partial charge on any atom is 0.251 e. The number of pyridine rings is 1. The summed E-state index contributed by atoms with van der Waals surface area (Å²) in [4.78, 5) is 14.9. The molecule has 146 valence electrons. The summed E-state index contributed by atoms with van der Waals surface area (Å²) in [6.07, 6.45) is 12.7. The highest BCUT2D eigenvalue weighted by atomic mass is 16.1. The standard InChI is InChI=1S/C24H34N2O/c27-24-12-11-22-9-4-5-10-23(22)26(24)16-6-15-25-17-13-21(14-18-25)19-20-7-2-1-3-8-20/h4-5,9-12,20-21H,1-3,6-8,13-19H2. The fourth-order valence-electron chi connectivity index (χ4n) is 5.27. The second-order valence-corrected chi connectivity index (χ2v) is 8.76. The molecule has 3 nitrogen and oxygen atoms in total. The number of aromatic nitrogens is 1. The molecule has 1 aliphatic carbocycles. The van der Waals surface area contributed by atoms with Crippen molar-refractivity contribution in [2.24, 2.45) is 11.8 Å². The van der Waals surface area contributed by atoms with E-state index < -0.39 is 0 Å². The number of rotatable bonds is 6. The molecule has 3 heteroatoms. The van der Waals surface area contributed by atoms with Gasteiger partial charge in [-0.05, 0) is 74.7 Å². The largest absolute Gasteiger partial charge is 0.308 e. The van der Waals surface area contributed by atoms with Crippen LogP contribution in [0.1, 0.15) is 57.8 Å². The first-order chi connectivity index (χ1) is 13.3. The lowest BCUT2D eigenvalue weighted by Crippen LogP contribution is -2.35. The zero-order chi connectivity index (χ0) is 18.5. The first-order valence-electron chi connectivity index (χ1n) is 11.1. The van der Waals surface area contributed by atoms with Crippen LogP contribution in [0, 0.1) is 11.8 Å². The Bertz CT molecular complexity index is 782. The molecule has 1 saturated heterocycles. The van der Waals surface area contributed by atoms with Crippen LogP contribution in [0.2, 0.25) is 0 Å². The highest BCUT2D eigenvalue weighted by Crippen LogP contribution is 2.32. The van der Waals surface area contributed by atoms with Crippen molar-refractivity contribution in [2.75, 3.05) is 19.6 Å². The van der Waals surface area contributed by atoms with Gasteiger partial charge < -0.3 is 9.47 Å². The summed E-state index contributed by atoms with van der Waals surface area (Å²) in [5, 5.41) is 1.15. The average molecular weight is 367 g/mol. The highest BCUT2D eigenvalue weighted by Gasteiger charge is 2.23. The minimum atomic E-state index is 0.125. The summed E-state index contributed by atoms with van der Waals surface area (Å²) < 4.78 is 1.95. The van der Waals surface area contributed by atoms with E-state index in [1.807, 2.05) is 22.8 Å². The number of fused-ring (bicyclic) bond motifs is 1. The van der Waals surface area contributed by atoms with Crippen LogP contribution in [0.4, 0.5) is 0 Å². The van der Waals surface area contributed by atoms with Crippen molar-refractivity contribution >= 4 is 10.9 Å². The summed E-state index contributed by atoms with van der Waals surface area (Å²) in [6.45, 7) is 4.44. The van der Waals surface area contributed by atoms with Gasteiger partial charge >= 0.3 is 0 Å². The van der Waals surface area contributed by atoms with Gasteiger partial charge in [-0.2, -0.15) is 0 Å². The Morgan fingerprint density at radius 1 is 0.815 bits per heavy atom. The van der Waals surface area contributed by atoms with E-state index in [0.29, 0.717) is 0 Å². The van der Waals surface area contributed by atoms with Crippen molar-refractivity contribution in [1.29, 1.82) is 0 Å². The first-order valence-corrected chi connectivity index (χ1v) is 11.1. The van der Waals surface area contributed by atoms with E-state index in [1.165, 1.54) is 64.5 Å². The predicted octanol–water partition coefficient (Wildman–Crippen LogP) is 5.07. The number of hydrogen-bond donors (Lipinski definition) is 0. The number of piperidine rings is 1. The second-order valence-electron chi connectivity index (χ2n) is 8.76. The zero-order valence-corrected chi connectivity index (χ0v) is 16.6. The SMILES string of the molecule is O=c1ccc2ccccc2n1CCCN1CCC(CC2CCCCC2)CC1. The zero-order valence-electron chi connectivity index (χ0n) is 16.6. The van der Waals surface area contributed by atoms with Crippen LogP contribution in [0.5, 0.6) is 0 Å². The third-order valence-electron chi connectivity index (χ3n) is 6.85. The molecular weight excluding hydrogens is 332 g/mol. The molecule has 1 saturated carbocycles. The lowest BCUT2D eigenvalue weighted by Gasteiger charge is -2.34. The molecule has 0 radical (unpaired) electrons. The molecule has 0 N–H and O–H groups in total. The summed E-state index contributed by atoms with van der Waals surface area (Å²) >= 11 is 0. The van der Waals surface area contributed by atoms with Crippen molar-refractivity contribution in [3.05, 3.63) is 46.8 Å². The lowest BCUT2D eigenvalue weighted by atomic mass is 9.80. The van der Waals surface area contributed by atoms with Gasteiger partial charge in [-0.25, -0.2) is 0 Å². The van der Waals surface area contributed by atoms with E-state index in [4.69, 9.17) is 0 Å². The Morgan fingerprint density at radius 2 is 1.56 bits per heavy atom. The normalized spacial score (nSPS) is 20.3. The summed E-state index contributed by atoms with van der Waals surface area (Å²) in [7, 11) is 0. The Hall–Kier alpha value is -1.61. The predicted molar refractivity (Wildman–Crippen MR) is 113 cm³/mol. The molecule has 0 unspecified atom stereocenters. The van der Waals surface area contributed by atoms with Crippen LogP contribution in [0.15, 0.2) is 41.2 Å². The van der Waals surface area contributed by atoms with E-state index in [2.05, 4.69) is 17.0 Å². The minimum Gasteiger partial charge on any atom is -0.308 e. The fraction of sp³-hybridized carbons (Fsp3) is 0.625. The van der Waals surface area contributed by atoms with Gasteiger partial charge in [0, 0.05) is 12.6 Å². The van der Waals surface area contributed by atoms with E-state index >= 15 is 0 Å². The van der Waals surface area contributed by atoms with Crippen molar-refractivity contribution in [3.63, 3.8) is 0 Å². The fourth-order valence-corrected chi connectivity index (χ4v) is 5.27. The third kappa shape index (κ3) is 4.82. The molecule has 2 aromatic rings. The van der Waals surface area contributed by atoms with Crippen molar-refractivity contribution < 1.29 is 0 Å². The number of para-hydroxylation sites is 1. The number of benzene rings is 1. The van der Waals surface area contributed by atoms with E-state index in [1.54, 1.807) is 6.07 Å². The van der Waals surface area contributed by atoms with Gasteiger partial charge in [0.25, 0.3) is 5.56 Å². The van der Waals surface area contributed by atoms with Crippen LogP contribution >= 0.6 is 0 Å². The second kappa shape index (κ2) is 9.05. The van der Waals surface area contributed by atoms with E-state index in [9.17, 15) is 4.79 Å². The topological polar surface area (TPSA) is 25.2 Å². The maximum absolute atomic E-state index is 12.3. The Labute approximate surface area is 163 Å². The summed E-state index contributed by atoms with van der Waals surface area (Å²) in [5.74, 6) is 1.98. The number of hydrogen-bond acceptors (Lipinski definition) is 2. The van der Waals surface area contributed by atoms with Crippen LogP contribution in [-0.2, 0) is 6.54 Å². The molecule has 0 amide bonds. The molecule has 27 heavy (non-hydrogen) atoms. The van der Waals surface area contributed by atoms with E-state index in [0.717, 1.165) is 42.2 Å². The summed E-state index contributed by atoms with van der Waals surface area (Å²) in [5.41, 5.74) is 1.19. The highest BCUT2D eigenvalue weighted by molar-refractivity contribution is 5.78. The van der Waals surface area contributed by atoms with Gasteiger partial charge in [-0.15, -0.1) is 0 Å². The van der Waals surface area contributed by atoms with Gasteiger partial charge in [0.2, 0.25) is 0 Å². The number of aryl methyl sites for hydroxylation is 1.